The van der Waals surface area contributed by atoms with Crippen molar-refractivity contribution in [1.82, 2.24) is 4.98 Å². The number of hydrogen-bond acceptors (Lipinski definition) is 3. The molecule has 3 N–H and O–H groups in total. The first-order valence-corrected chi connectivity index (χ1v) is 12.2. The van der Waals surface area contributed by atoms with Crippen LogP contribution < -0.4 is 5.32 Å². The van der Waals surface area contributed by atoms with Gasteiger partial charge < -0.3 is 16.2 Å². The Morgan fingerprint density at radius 1 is 0.878 bits per heavy atom. The van der Waals surface area contributed by atoms with E-state index in [0.29, 0.717) is 33.3 Å². The highest BCUT2D eigenvalue weighted by atomic mass is 19.4. The van der Waals surface area contributed by atoms with E-state index in [2.05, 4.69) is 10.3 Å². The number of carbonyl (C=O) groups excluding carboxylic acids is 1. The van der Waals surface area contributed by atoms with Crippen LogP contribution in [-0.4, -0.2) is 22.0 Å². The number of hydrogen-bond donors (Lipinski definition) is 2. The lowest BCUT2D eigenvalue weighted by atomic mass is 9.98. The molecule has 1 heterocycles. The average molecular weight is 561 g/mol. The second-order valence-corrected chi connectivity index (χ2v) is 8.82. The molecule has 0 aliphatic heterocycles. The smallest absolute Gasteiger partial charge is 0.416 e. The fraction of sp³-hybridized carbons (Fsp3) is 0.0645. The number of aromatic nitrogens is 1. The van der Waals surface area contributed by atoms with E-state index in [1.54, 1.807) is 54.6 Å². The first-order chi connectivity index (χ1) is 19.5. The average Bonchev–Trinajstić information content (AvgIpc) is 2.96. The molecule has 0 unspecified atom stereocenters. The molecule has 208 valence electrons. The Labute approximate surface area is 232 Å². The summed E-state index contributed by atoms with van der Waals surface area (Å²) in [5, 5.41) is 12.4. The maximum Gasteiger partial charge on any atom is 0.416 e. The van der Waals surface area contributed by atoms with Crippen molar-refractivity contribution in [2.75, 3.05) is 5.32 Å². The highest BCUT2D eigenvalue weighted by Gasteiger charge is 2.30. The van der Waals surface area contributed by atoms with Crippen LogP contribution in [0.3, 0.4) is 0 Å². The Morgan fingerprint density at radius 3 is 2.24 bits per heavy atom. The molecule has 0 fully saturated rings. The van der Waals surface area contributed by atoms with Crippen molar-refractivity contribution in [3.8, 4) is 11.1 Å². The molecule has 0 bridgehead atoms. The molecule has 1 aromatic heterocycles. The van der Waals surface area contributed by atoms with Gasteiger partial charge in [0.15, 0.2) is 0 Å². The number of halogens is 4. The third kappa shape index (κ3) is 7.31. The van der Waals surface area contributed by atoms with Crippen molar-refractivity contribution in [1.29, 1.82) is 0 Å². The second-order valence-electron chi connectivity index (χ2n) is 8.82. The van der Waals surface area contributed by atoms with Gasteiger partial charge in [-0.2, -0.15) is 13.2 Å². The van der Waals surface area contributed by atoms with Crippen molar-refractivity contribution in [2.45, 2.75) is 12.7 Å². The highest BCUT2D eigenvalue weighted by Crippen LogP contribution is 2.32. The van der Waals surface area contributed by atoms with Crippen LogP contribution in [0.25, 0.3) is 27.8 Å². The molecule has 5 rings (SSSR count). The summed E-state index contributed by atoms with van der Waals surface area (Å²) in [7, 11) is 0. The van der Waals surface area contributed by atoms with Crippen molar-refractivity contribution < 1.29 is 32.3 Å². The van der Waals surface area contributed by atoms with Gasteiger partial charge >= 0.3 is 12.1 Å². The molecule has 0 aliphatic carbocycles. The zero-order valence-corrected chi connectivity index (χ0v) is 21.2. The number of anilines is 1. The fourth-order valence-electron chi connectivity index (χ4n) is 3.93. The van der Waals surface area contributed by atoms with Crippen LogP contribution >= 0.6 is 0 Å². The molecule has 0 radical (unpaired) electrons. The molecular formula is C31H22F4N3O3-. The first-order valence-electron chi connectivity index (χ1n) is 12.2. The number of nitrogens with one attached hydrogen (secondary N) is 2. The van der Waals surface area contributed by atoms with Crippen molar-refractivity contribution in [3.63, 3.8) is 0 Å². The van der Waals surface area contributed by atoms with Gasteiger partial charge in [-0.15, -0.1) is 6.54 Å². The minimum atomic E-state index is -4.44. The van der Waals surface area contributed by atoms with Crippen LogP contribution in [0, 0.1) is 5.82 Å². The summed E-state index contributed by atoms with van der Waals surface area (Å²) in [6, 6.07) is 23.7. The van der Waals surface area contributed by atoms with Crippen molar-refractivity contribution >= 4 is 28.5 Å². The van der Waals surface area contributed by atoms with E-state index in [9.17, 15) is 27.2 Å². The van der Waals surface area contributed by atoms with Crippen molar-refractivity contribution in [2.24, 2.45) is 0 Å². The molecule has 0 saturated carbocycles. The van der Waals surface area contributed by atoms with Gasteiger partial charge in [-0.3, -0.25) is 9.78 Å². The maximum atomic E-state index is 12.9. The summed E-state index contributed by atoms with van der Waals surface area (Å²) >= 11 is 0. The van der Waals surface area contributed by atoms with Gasteiger partial charge in [-0.05, 0) is 59.7 Å². The SMILES string of the molecule is O=C(O)c1cnc2cc(NC(=O)c3ccccc3-c3ccc(C(F)(F)F)cc3)ccc2c1.[NH-]Cc1cccc(F)c1. The standard InChI is InChI=1S/C24H15F3N2O3.C7H7FN/c25-24(26,27)17-8-5-14(6-9-17)19-3-1-2-4-20(19)22(30)29-18-10-7-15-11-16(23(31)32)13-28-21(15)12-18;8-7-3-1-2-6(4-7)5-9/h1-13H,(H,29,30)(H,31,32);1-4,9H,5H2/q;-1. The van der Waals surface area contributed by atoms with E-state index in [-0.39, 0.29) is 17.9 Å². The number of amides is 1. The lowest BCUT2D eigenvalue weighted by Crippen LogP contribution is -2.13. The van der Waals surface area contributed by atoms with E-state index in [4.69, 9.17) is 10.8 Å². The quantitative estimate of drug-likeness (QED) is 0.211. The largest absolute Gasteiger partial charge is 0.674 e. The van der Waals surface area contributed by atoms with Gasteiger partial charge in [0.2, 0.25) is 0 Å². The van der Waals surface area contributed by atoms with E-state index in [1.165, 1.54) is 36.5 Å². The zero-order chi connectivity index (χ0) is 29.6. The van der Waals surface area contributed by atoms with Gasteiger partial charge in [-0.25, -0.2) is 9.18 Å². The number of nitrogens with zero attached hydrogens (tertiary/aromatic N) is 1. The monoisotopic (exact) mass is 560 g/mol. The van der Waals surface area contributed by atoms with E-state index in [0.717, 1.165) is 17.7 Å². The number of fused-ring (bicyclic) bond motifs is 1. The van der Waals surface area contributed by atoms with E-state index >= 15 is 0 Å². The fourth-order valence-corrected chi connectivity index (χ4v) is 3.93. The molecule has 0 atom stereocenters. The summed E-state index contributed by atoms with van der Waals surface area (Å²) < 4.78 is 50.8. The molecular weight excluding hydrogens is 538 g/mol. The normalized spacial score (nSPS) is 11.0. The number of carboxylic acids is 1. The van der Waals surface area contributed by atoms with Crippen LogP contribution in [0.4, 0.5) is 23.2 Å². The Kier molecular flexibility index (Phi) is 8.74. The first kappa shape index (κ1) is 28.9. The Balaban J connectivity index is 0.000000367. The molecule has 0 aliphatic rings. The number of pyridine rings is 1. The Morgan fingerprint density at radius 2 is 1.61 bits per heavy atom. The summed E-state index contributed by atoms with van der Waals surface area (Å²) in [5.74, 6) is -1.79. The minimum absolute atomic E-state index is 0.0553. The summed E-state index contributed by atoms with van der Waals surface area (Å²) in [5.41, 5.74) is 9.09. The van der Waals surface area contributed by atoms with Crippen LogP contribution in [0.2, 0.25) is 0 Å². The Bertz CT molecular complexity index is 1700. The molecule has 10 heteroatoms. The van der Waals surface area contributed by atoms with Crippen molar-refractivity contribution in [3.05, 3.63) is 137 Å². The lowest BCUT2D eigenvalue weighted by Gasteiger charge is -2.12. The minimum Gasteiger partial charge on any atom is -0.674 e. The summed E-state index contributed by atoms with van der Waals surface area (Å²) in [4.78, 5) is 28.1. The van der Waals surface area contributed by atoms with Crippen LogP contribution in [0.1, 0.15) is 31.8 Å². The highest BCUT2D eigenvalue weighted by molar-refractivity contribution is 6.09. The topological polar surface area (TPSA) is 103 Å². The predicted molar refractivity (Wildman–Crippen MR) is 148 cm³/mol. The number of rotatable bonds is 5. The van der Waals surface area contributed by atoms with Gasteiger partial charge in [0.1, 0.15) is 5.82 Å². The lowest BCUT2D eigenvalue weighted by molar-refractivity contribution is -0.137. The number of benzene rings is 4. The predicted octanol–water partition coefficient (Wildman–Crippen LogP) is 8.25. The van der Waals surface area contributed by atoms with Gasteiger partial charge in [-0.1, -0.05) is 54.1 Å². The van der Waals surface area contributed by atoms with Crippen LogP contribution in [-0.2, 0) is 12.7 Å². The van der Waals surface area contributed by atoms with Gasteiger partial charge in [0.05, 0.1) is 16.6 Å². The summed E-state index contributed by atoms with van der Waals surface area (Å²) in [6.07, 6.45) is -3.21. The molecule has 0 saturated heterocycles. The molecule has 41 heavy (non-hydrogen) atoms. The molecule has 1 amide bonds. The number of alkyl halides is 3. The maximum absolute atomic E-state index is 12.9. The number of aromatic carboxylic acids is 1. The van der Waals surface area contributed by atoms with E-state index in [1.807, 2.05) is 0 Å². The summed E-state index contributed by atoms with van der Waals surface area (Å²) in [6.45, 7) is 0.151. The van der Waals surface area contributed by atoms with E-state index < -0.39 is 23.6 Å². The molecule has 6 nitrogen and oxygen atoms in total. The number of carboxylic acid groups (broad SMARTS) is 1. The third-order valence-electron chi connectivity index (χ3n) is 5.98. The molecule has 0 spiro atoms. The molecule has 5 aromatic rings. The third-order valence-corrected chi connectivity index (χ3v) is 5.98. The van der Waals surface area contributed by atoms with Gasteiger partial charge in [0.25, 0.3) is 5.91 Å². The van der Waals surface area contributed by atoms with Crippen LogP contribution in [0.15, 0.2) is 103 Å². The number of carbonyl (C=O) groups is 2. The van der Waals surface area contributed by atoms with Crippen LogP contribution in [0.5, 0.6) is 0 Å². The second kappa shape index (κ2) is 12.4. The zero-order valence-electron chi connectivity index (χ0n) is 21.2. The molecule has 4 aromatic carbocycles. The Hall–Kier alpha value is -5.09. The van der Waals surface area contributed by atoms with Gasteiger partial charge in [0, 0.05) is 22.8 Å².